The average Bonchev–Trinajstić information content (AvgIpc) is 2.57. The van der Waals surface area contributed by atoms with Gasteiger partial charge < -0.3 is 10.6 Å². The third-order valence-corrected chi connectivity index (χ3v) is 4.47. The Labute approximate surface area is 149 Å². The zero-order chi connectivity index (χ0) is 18.6. The fraction of sp³-hybridized carbons (Fsp3) is 0.333. The molecule has 2 amide bonds. The summed E-state index contributed by atoms with van der Waals surface area (Å²) in [5.74, 6) is -0.619. The monoisotopic (exact) mass is 338 g/mol. The van der Waals surface area contributed by atoms with Gasteiger partial charge in [0.25, 0.3) is 0 Å². The number of benzene rings is 2. The molecule has 0 aliphatic rings. The molecule has 0 unspecified atom stereocenters. The fourth-order valence-corrected chi connectivity index (χ4v) is 2.32. The van der Waals surface area contributed by atoms with E-state index >= 15 is 0 Å². The van der Waals surface area contributed by atoms with Gasteiger partial charge in [0, 0.05) is 12.2 Å². The van der Waals surface area contributed by atoms with Crippen molar-refractivity contribution in [3.63, 3.8) is 0 Å². The number of hydrogen-bond donors (Lipinski definition) is 2. The fourth-order valence-electron chi connectivity index (χ4n) is 2.32. The van der Waals surface area contributed by atoms with Gasteiger partial charge in [-0.25, -0.2) is 0 Å². The van der Waals surface area contributed by atoms with E-state index in [1.165, 1.54) is 5.56 Å². The normalized spacial score (nSPS) is 11.1. The van der Waals surface area contributed by atoms with Gasteiger partial charge in [0.05, 0.1) is 0 Å². The Morgan fingerprint density at radius 3 is 2.12 bits per heavy atom. The second-order valence-corrected chi connectivity index (χ2v) is 7.05. The second kappa shape index (κ2) is 7.51. The van der Waals surface area contributed by atoms with E-state index in [9.17, 15) is 9.59 Å². The number of amides is 2. The van der Waals surface area contributed by atoms with Crippen molar-refractivity contribution in [1.82, 2.24) is 5.32 Å². The number of aryl methyl sites for hydroxylation is 3. The molecule has 0 aliphatic carbocycles. The quantitative estimate of drug-likeness (QED) is 0.813. The molecule has 0 spiro atoms. The van der Waals surface area contributed by atoms with Crippen molar-refractivity contribution in [2.75, 3.05) is 5.32 Å². The van der Waals surface area contributed by atoms with Gasteiger partial charge in [-0.1, -0.05) is 35.9 Å². The van der Waals surface area contributed by atoms with Gasteiger partial charge in [0.2, 0.25) is 11.8 Å². The van der Waals surface area contributed by atoms with Gasteiger partial charge in [-0.2, -0.15) is 0 Å². The molecule has 0 heterocycles. The lowest BCUT2D eigenvalue weighted by Crippen LogP contribution is -2.44. The predicted molar refractivity (Wildman–Crippen MR) is 101 cm³/mol. The van der Waals surface area contributed by atoms with Crippen LogP contribution in [0.4, 0.5) is 5.69 Å². The first kappa shape index (κ1) is 18.7. The molecule has 4 heteroatoms. The highest BCUT2D eigenvalue weighted by Gasteiger charge is 2.35. The number of rotatable bonds is 5. The highest BCUT2D eigenvalue weighted by Crippen LogP contribution is 2.21. The molecule has 2 rings (SSSR count). The van der Waals surface area contributed by atoms with Crippen molar-refractivity contribution in [3.05, 3.63) is 64.7 Å². The van der Waals surface area contributed by atoms with E-state index in [0.29, 0.717) is 12.2 Å². The van der Waals surface area contributed by atoms with E-state index < -0.39 is 5.41 Å². The third-order valence-electron chi connectivity index (χ3n) is 4.47. The summed E-state index contributed by atoms with van der Waals surface area (Å²) < 4.78 is 0. The smallest absolute Gasteiger partial charge is 0.239 e. The maximum absolute atomic E-state index is 12.6. The summed E-state index contributed by atoms with van der Waals surface area (Å²) >= 11 is 0. The van der Waals surface area contributed by atoms with Crippen LogP contribution in [0.1, 0.15) is 36.1 Å². The molecule has 4 nitrogen and oxygen atoms in total. The van der Waals surface area contributed by atoms with Crippen LogP contribution in [-0.2, 0) is 16.1 Å². The number of hydrogen-bond acceptors (Lipinski definition) is 2. The minimum atomic E-state index is -1.16. The lowest BCUT2D eigenvalue weighted by Gasteiger charge is -2.23. The first-order chi connectivity index (χ1) is 11.7. The summed E-state index contributed by atoms with van der Waals surface area (Å²) in [4.78, 5) is 25.0. The first-order valence-corrected chi connectivity index (χ1v) is 8.42. The van der Waals surface area contributed by atoms with Gasteiger partial charge in [-0.15, -0.1) is 0 Å². The van der Waals surface area contributed by atoms with Crippen LogP contribution in [0.25, 0.3) is 0 Å². The average molecular weight is 338 g/mol. The lowest BCUT2D eigenvalue weighted by molar-refractivity contribution is -0.138. The minimum Gasteiger partial charge on any atom is -0.351 e. The van der Waals surface area contributed by atoms with Crippen molar-refractivity contribution >= 4 is 17.5 Å². The molecule has 2 aromatic rings. The van der Waals surface area contributed by atoms with Crippen LogP contribution >= 0.6 is 0 Å². The largest absolute Gasteiger partial charge is 0.351 e. The maximum atomic E-state index is 12.6. The van der Waals surface area contributed by atoms with Gasteiger partial charge in [0.15, 0.2) is 0 Å². The number of carbonyl (C=O) groups is 2. The molecule has 0 saturated carbocycles. The standard InChI is InChI=1S/C21H26N2O2/c1-14-6-9-17(10-7-14)13-22-19(24)21(4,5)20(25)23-18-11-8-15(2)16(3)12-18/h6-12H,13H2,1-5H3,(H,22,24)(H,23,25). The Kier molecular flexibility index (Phi) is 5.62. The van der Waals surface area contributed by atoms with Crippen molar-refractivity contribution in [1.29, 1.82) is 0 Å². The molecule has 0 aliphatic heterocycles. The number of carbonyl (C=O) groups excluding carboxylic acids is 2. The molecule has 2 N–H and O–H groups in total. The molecule has 0 radical (unpaired) electrons. The van der Waals surface area contributed by atoms with Crippen LogP contribution in [0, 0.1) is 26.2 Å². The lowest BCUT2D eigenvalue weighted by atomic mass is 9.90. The molecular formula is C21H26N2O2. The van der Waals surface area contributed by atoms with Crippen LogP contribution in [0.15, 0.2) is 42.5 Å². The van der Waals surface area contributed by atoms with E-state index in [4.69, 9.17) is 0 Å². The number of anilines is 1. The van der Waals surface area contributed by atoms with Crippen LogP contribution in [-0.4, -0.2) is 11.8 Å². The summed E-state index contributed by atoms with van der Waals surface area (Å²) in [5.41, 5.74) is 3.97. The van der Waals surface area contributed by atoms with Gasteiger partial charge in [-0.05, 0) is 63.4 Å². The Morgan fingerprint density at radius 2 is 1.52 bits per heavy atom. The number of nitrogens with one attached hydrogen (secondary N) is 2. The predicted octanol–water partition coefficient (Wildman–Crippen LogP) is 3.89. The van der Waals surface area contributed by atoms with E-state index in [0.717, 1.165) is 16.7 Å². The third kappa shape index (κ3) is 4.69. The zero-order valence-electron chi connectivity index (χ0n) is 15.6. The Hall–Kier alpha value is -2.62. The molecular weight excluding hydrogens is 312 g/mol. The van der Waals surface area contributed by atoms with Crippen molar-refractivity contribution in [2.45, 2.75) is 41.2 Å². The Morgan fingerprint density at radius 1 is 0.880 bits per heavy atom. The van der Waals surface area contributed by atoms with E-state index in [1.807, 2.05) is 63.2 Å². The SMILES string of the molecule is Cc1ccc(CNC(=O)C(C)(C)C(=O)Nc2ccc(C)c(C)c2)cc1. The Bertz CT molecular complexity index is 777. The zero-order valence-corrected chi connectivity index (χ0v) is 15.6. The maximum Gasteiger partial charge on any atom is 0.239 e. The molecule has 0 saturated heterocycles. The van der Waals surface area contributed by atoms with E-state index in [2.05, 4.69) is 10.6 Å². The highest BCUT2D eigenvalue weighted by atomic mass is 16.2. The van der Waals surface area contributed by atoms with Crippen LogP contribution in [0.5, 0.6) is 0 Å². The summed E-state index contributed by atoms with van der Waals surface area (Å²) in [7, 11) is 0. The molecule has 25 heavy (non-hydrogen) atoms. The Balaban J connectivity index is 2.00. The topological polar surface area (TPSA) is 58.2 Å². The second-order valence-electron chi connectivity index (χ2n) is 7.05. The van der Waals surface area contributed by atoms with E-state index in [-0.39, 0.29) is 11.8 Å². The van der Waals surface area contributed by atoms with Crippen LogP contribution in [0.3, 0.4) is 0 Å². The van der Waals surface area contributed by atoms with Gasteiger partial charge >= 0.3 is 0 Å². The molecule has 0 fully saturated rings. The first-order valence-electron chi connectivity index (χ1n) is 8.42. The van der Waals surface area contributed by atoms with Crippen LogP contribution < -0.4 is 10.6 Å². The van der Waals surface area contributed by atoms with Crippen molar-refractivity contribution < 1.29 is 9.59 Å². The molecule has 0 aromatic heterocycles. The summed E-state index contributed by atoms with van der Waals surface area (Å²) in [6, 6.07) is 13.6. The molecule has 0 atom stereocenters. The van der Waals surface area contributed by atoms with Crippen molar-refractivity contribution in [2.24, 2.45) is 5.41 Å². The van der Waals surface area contributed by atoms with Gasteiger partial charge in [-0.3, -0.25) is 9.59 Å². The summed E-state index contributed by atoms with van der Waals surface area (Å²) in [6.45, 7) is 9.69. The summed E-state index contributed by atoms with van der Waals surface area (Å²) in [5, 5.41) is 5.68. The molecule has 2 aromatic carbocycles. The minimum absolute atomic E-state index is 0.297. The van der Waals surface area contributed by atoms with Crippen molar-refractivity contribution in [3.8, 4) is 0 Å². The summed E-state index contributed by atoms with van der Waals surface area (Å²) in [6.07, 6.45) is 0. The molecule has 132 valence electrons. The molecule has 0 bridgehead atoms. The van der Waals surface area contributed by atoms with Crippen LogP contribution in [0.2, 0.25) is 0 Å². The van der Waals surface area contributed by atoms with E-state index in [1.54, 1.807) is 13.8 Å². The van der Waals surface area contributed by atoms with Gasteiger partial charge in [0.1, 0.15) is 5.41 Å². The highest BCUT2D eigenvalue weighted by molar-refractivity contribution is 6.09.